The van der Waals surface area contributed by atoms with Crippen molar-refractivity contribution in [2.24, 2.45) is 12.8 Å². The third kappa shape index (κ3) is 2.42. The predicted octanol–water partition coefficient (Wildman–Crippen LogP) is 1.47. The zero-order chi connectivity index (χ0) is 13.5. The highest BCUT2D eigenvalue weighted by Crippen LogP contribution is 2.24. The minimum Gasteiger partial charge on any atom is -0.350 e. The van der Waals surface area contributed by atoms with E-state index in [1.165, 1.54) is 6.26 Å². The van der Waals surface area contributed by atoms with Crippen molar-refractivity contribution in [3.05, 3.63) is 30.0 Å². The van der Waals surface area contributed by atoms with Crippen LogP contribution in [0.5, 0.6) is 0 Å². The third-order valence-corrected chi connectivity index (χ3v) is 4.12. The van der Waals surface area contributed by atoms with Crippen LogP contribution in [0.1, 0.15) is 12.5 Å². The first-order chi connectivity index (χ1) is 8.29. The second-order valence-electron chi connectivity index (χ2n) is 4.90. The Morgan fingerprint density at radius 3 is 2.61 bits per heavy atom. The average Bonchev–Trinajstić information content (AvgIpc) is 2.53. The molecule has 1 atom stereocenters. The molecule has 0 spiro atoms. The Morgan fingerprint density at radius 2 is 2.06 bits per heavy atom. The van der Waals surface area contributed by atoms with E-state index in [9.17, 15) is 8.42 Å². The molecule has 0 amide bonds. The van der Waals surface area contributed by atoms with Gasteiger partial charge in [0.15, 0.2) is 9.84 Å². The number of benzene rings is 1. The van der Waals surface area contributed by atoms with Crippen molar-refractivity contribution in [2.45, 2.75) is 24.3 Å². The molecule has 0 fully saturated rings. The first-order valence-electron chi connectivity index (χ1n) is 5.82. The van der Waals surface area contributed by atoms with E-state index in [1.807, 2.05) is 30.8 Å². The van der Waals surface area contributed by atoms with Gasteiger partial charge in [0, 0.05) is 36.4 Å². The number of sulfone groups is 1. The molecule has 1 unspecified atom stereocenters. The van der Waals surface area contributed by atoms with E-state index in [0.29, 0.717) is 4.90 Å². The Bertz CT molecular complexity index is 684. The van der Waals surface area contributed by atoms with Gasteiger partial charge in [-0.15, -0.1) is 0 Å². The topological polar surface area (TPSA) is 65.1 Å². The molecule has 4 nitrogen and oxygen atoms in total. The molecule has 0 aliphatic carbocycles. The first-order valence-corrected chi connectivity index (χ1v) is 7.72. The van der Waals surface area contributed by atoms with E-state index in [2.05, 4.69) is 0 Å². The zero-order valence-electron chi connectivity index (χ0n) is 10.8. The molecular formula is C13H18N2O2S. The molecule has 98 valence electrons. The van der Waals surface area contributed by atoms with Crippen molar-refractivity contribution < 1.29 is 8.42 Å². The van der Waals surface area contributed by atoms with Gasteiger partial charge in [0.25, 0.3) is 0 Å². The Morgan fingerprint density at radius 1 is 1.39 bits per heavy atom. The molecule has 0 bridgehead atoms. The van der Waals surface area contributed by atoms with Crippen LogP contribution in [0.4, 0.5) is 0 Å². The second-order valence-corrected chi connectivity index (χ2v) is 6.91. The van der Waals surface area contributed by atoms with Gasteiger partial charge in [-0.05, 0) is 37.1 Å². The third-order valence-electron chi connectivity index (χ3n) is 3.01. The summed E-state index contributed by atoms with van der Waals surface area (Å²) in [5.74, 6) is 0. The lowest BCUT2D eigenvalue weighted by Crippen LogP contribution is -2.17. The van der Waals surface area contributed by atoms with Gasteiger partial charge in [-0.25, -0.2) is 8.42 Å². The first kappa shape index (κ1) is 13.1. The van der Waals surface area contributed by atoms with Crippen LogP contribution < -0.4 is 5.73 Å². The van der Waals surface area contributed by atoms with Gasteiger partial charge in [-0.3, -0.25) is 0 Å². The molecule has 2 N–H and O–H groups in total. The summed E-state index contributed by atoms with van der Waals surface area (Å²) in [7, 11) is -1.22. The van der Waals surface area contributed by atoms with Crippen molar-refractivity contribution in [3.8, 4) is 0 Å². The number of hydrogen-bond acceptors (Lipinski definition) is 3. The van der Waals surface area contributed by atoms with Gasteiger partial charge in [-0.1, -0.05) is 0 Å². The molecule has 1 heterocycles. The summed E-state index contributed by atoms with van der Waals surface area (Å²) in [6, 6.07) is 5.28. The molecule has 2 aromatic rings. The number of hydrogen-bond donors (Lipinski definition) is 1. The molecule has 0 saturated heterocycles. The van der Waals surface area contributed by atoms with E-state index < -0.39 is 9.84 Å². The lowest BCUT2D eigenvalue weighted by Gasteiger charge is -2.04. The Labute approximate surface area is 107 Å². The van der Waals surface area contributed by atoms with Crippen LogP contribution in [0.15, 0.2) is 29.3 Å². The van der Waals surface area contributed by atoms with Gasteiger partial charge in [0.05, 0.1) is 4.90 Å². The fraction of sp³-hybridized carbons (Fsp3) is 0.385. The lowest BCUT2D eigenvalue weighted by atomic mass is 10.1. The van der Waals surface area contributed by atoms with Crippen LogP contribution in [0.25, 0.3) is 10.9 Å². The SMILES string of the molecule is CC(N)Cc1cn(C)c2ccc(S(C)(=O)=O)cc12. The summed E-state index contributed by atoms with van der Waals surface area (Å²) >= 11 is 0. The molecule has 1 aromatic heterocycles. The number of nitrogens with two attached hydrogens (primary N) is 1. The normalized spacial score (nSPS) is 14.0. The number of rotatable bonds is 3. The van der Waals surface area contributed by atoms with Crippen molar-refractivity contribution in [3.63, 3.8) is 0 Å². The van der Waals surface area contributed by atoms with E-state index in [1.54, 1.807) is 12.1 Å². The molecule has 0 radical (unpaired) electrons. The molecule has 5 heteroatoms. The zero-order valence-corrected chi connectivity index (χ0v) is 11.7. The Hall–Kier alpha value is -1.33. The maximum Gasteiger partial charge on any atom is 0.175 e. The summed E-state index contributed by atoms with van der Waals surface area (Å²) in [6.45, 7) is 1.94. The van der Waals surface area contributed by atoms with Gasteiger partial charge < -0.3 is 10.3 Å². The highest BCUT2D eigenvalue weighted by Gasteiger charge is 2.13. The van der Waals surface area contributed by atoms with E-state index >= 15 is 0 Å². The molecule has 0 aliphatic rings. The Balaban J connectivity index is 2.66. The molecule has 2 rings (SSSR count). The summed E-state index contributed by atoms with van der Waals surface area (Å²) in [6.07, 6.45) is 3.98. The van der Waals surface area contributed by atoms with E-state index in [4.69, 9.17) is 5.73 Å². The van der Waals surface area contributed by atoms with Crippen LogP contribution >= 0.6 is 0 Å². The van der Waals surface area contributed by atoms with Gasteiger partial charge in [0.2, 0.25) is 0 Å². The number of aromatic nitrogens is 1. The maximum absolute atomic E-state index is 11.6. The number of nitrogens with zero attached hydrogens (tertiary/aromatic N) is 1. The summed E-state index contributed by atoms with van der Waals surface area (Å²) < 4.78 is 25.2. The molecule has 1 aromatic carbocycles. The molecular weight excluding hydrogens is 248 g/mol. The minimum atomic E-state index is -3.17. The predicted molar refractivity (Wildman–Crippen MR) is 73.4 cm³/mol. The van der Waals surface area contributed by atoms with Crippen LogP contribution in [0.3, 0.4) is 0 Å². The van der Waals surface area contributed by atoms with Crippen LogP contribution in [-0.2, 0) is 23.3 Å². The smallest absolute Gasteiger partial charge is 0.175 e. The van der Waals surface area contributed by atoms with Crippen molar-refractivity contribution in [1.29, 1.82) is 0 Å². The average molecular weight is 266 g/mol. The quantitative estimate of drug-likeness (QED) is 0.915. The maximum atomic E-state index is 11.6. The van der Waals surface area contributed by atoms with Crippen LogP contribution in [0.2, 0.25) is 0 Å². The van der Waals surface area contributed by atoms with Crippen LogP contribution in [-0.4, -0.2) is 25.3 Å². The van der Waals surface area contributed by atoms with E-state index in [-0.39, 0.29) is 6.04 Å². The summed E-state index contributed by atoms with van der Waals surface area (Å²) in [4.78, 5) is 0.354. The highest BCUT2D eigenvalue weighted by molar-refractivity contribution is 7.90. The van der Waals surface area contributed by atoms with Crippen molar-refractivity contribution in [1.82, 2.24) is 4.57 Å². The van der Waals surface area contributed by atoms with Crippen LogP contribution in [0, 0.1) is 0 Å². The minimum absolute atomic E-state index is 0.0532. The van der Waals surface area contributed by atoms with Crippen molar-refractivity contribution >= 4 is 20.7 Å². The highest BCUT2D eigenvalue weighted by atomic mass is 32.2. The van der Waals surface area contributed by atoms with E-state index in [0.717, 1.165) is 22.9 Å². The molecule has 0 aliphatic heterocycles. The summed E-state index contributed by atoms with van der Waals surface area (Å²) in [5, 5.41) is 0.970. The lowest BCUT2D eigenvalue weighted by molar-refractivity contribution is 0.602. The summed E-state index contributed by atoms with van der Waals surface area (Å²) in [5.41, 5.74) is 7.94. The standard InChI is InChI=1S/C13H18N2O2S/c1-9(14)6-10-8-15(2)13-5-4-11(7-12(10)13)18(3,16)17/h4-5,7-9H,6,14H2,1-3H3. The molecule has 18 heavy (non-hydrogen) atoms. The van der Waals surface area contributed by atoms with Gasteiger partial charge in [0.1, 0.15) is 0 Å². The monoisotopic (exact) mass is 266 g/mol. The fourth-order valence-corrected chi connectivity index (χ4v) is 2.84. The van der Waals surface area contributed by atoms with Gasteiger partial charge >= 0.3 is 0 Å². The van der Waals surface area contributed by atoms with Gasteiger partial charge in [-0.2, -0.15) is 0 Å². The number of aryl methyl sites for hydroxylation is 1. The second kappa shape index (κ2) is 4.40. The van der Waals surface area contributed by atoms with Crippen molar-refractivity contribution in [2.75, 3.05) is 6.26 Å². The largest absolute Gasteiger partial charge is 0.350 e. The molecule has 0 saturated carbocycles. The Kier molecular flexibility index (Phi) is 3.21. The fourth-order valence-electron chi connectivity index (χ4n) is 2.19. The number of fused-ring (bicyclic) bond motifs is 1.